The van der Waals surface area contributed by atoms with Crippen LogP contribution in [0.25, 0.3) is 0 Å². The lowest BCUT2D eigenvalue weighted by molar-refractivity contribution is -0.484. The normalized spacial score (nSPS) is 21.6. The molecule has 1 heterocycles. The predicted octanol–water partition coefficient (Wildman–Crippen LogP) is 2.77. The summed E-state index contributed by atoms with van der Waals surface area (Å²) in [6.07, 6.45) is 2.47. The fraction of sp³-hybridized carbons (Fsp3) is 0.500. The zero-order chi connectivity index (χ0) is 13.8. The van der Waals surface area contributed by atoms with E-state index in [4.69, 9.17) is 4.74 Å². The van der Waals surface area contributed by atoms with Crippen molar-refractivity contribution in [3.05, 3.63) is 39.9 Å². The second-order valence-corrected chi connectivity index (χ2v) is 4.83. The monoisotopic (exact) mass is 263 g/mol. The highest BCUT2D eigenvalue weighted by molar-refractivity contribution is 5.79. The summed E-state index contributed by atoms with van der Waals surface area (Å²) < 4.78 is 5.29. The molecule has 5 nitrogen and oxygen atoms in total. The van der Waals surface area contributed by atoms with Crippen molar-refractivity contribution in [2.75, 3.05) is 6.54 Å². The number of unbranched alkanes of at least 4 members (excludes halogenated alkanes) is 1. The van der Waals surface area contributed by atoms with Gasteiger partial charge in [0.25, 0.3) is 0 Å². The first-order valence-electron chi connectivity index (χ1n) is 6.56. The first-order valence-corrected chi connectivity index (χ1v) is 6.56. The Morgan fingerprint density at radius 3 is 2.74 bits per heavy atom. The molecule has 0 bridgehead atoms. The zero-order valence-corrected chi connectivity index (χ0v) is 10.9. The Kier molecular flexibility index (Phi) is 4.14. The molecule has 0 aromatic heterocycles. The van der Waals surface area contributed by atoms with Gasteiger partial charge in [0.2, 0.25) is 6.54 Å². The minimum atomic E-state index is -0.403. The van der Waals surface area contributed by atoms with Crippen LogP contribution in [0, 0.1) is 16.0 Å². The largest absolute Gasteiger partial charge is 0.426 e. The summed E-state index contributed by atoms with van der Waals surface area (Å²) in [5, 5.41) is 10.9. The van der Waals surface area contributed by atoms with Gasteiger partial charge in [-0.05, 0) is 12.5 Å². The number of esters is 1. The van der Waals surface area contributed by atoms with Crippen molar-refractivity contribution < 1.29 is 14.5 Å². The van der Waals surface area contributed by atoms with Gasteiger partial charge in [0, 0.05) is 10.5 Å². The third-order valence-corrected chi connectivity index (χ3v) is 3.53. The number of rotatable bonds is 5. The van der Waals surface area contributed by atoms with Crippen LogP contribution < -0.4 is 4.74 Å². The molecule has 19 heavy (non-hydrogen) atoms. The predicted molar refractivity (Wildman–Crippen MR) is 69.7 cm³/mol. The van der Waals surface area contributed by atoms with E-state index in [2.05, 4.69) is 0 Å². The van der Waals surface area contributed by atoms with Gasteiger partial charge in [-0.1, -0.05) is 38.0 Å². The van der Waals surface area contributed by atoms with Crippen LogP contribution in [-0.2, 0) is 4.79 Å². The molecule has 1 aliphatic heterocycles. The van der Waals surface area contributed by atoms with E-state index in [0.717, 1.165) is 18.4 Å². The first-order chi connectivity index (χ1) is 9.13. The van der Waals surface area contributed by atoms with Gasteiger partial charge in [-0.25, -0.2) is 0 Å². The maximum Gasteiger partial charge on any atom is 0.315 e. The SMILES string of the molecule is CCCC[C@H]1C(=O)Oc2ccccc2[C@H]1C[N+](=O)[O-]. The van der Waals surface area contributed by atoms with Crippen molar-refractivity contribution in [3.63, 3.8) is 0 Å². The molecule has 1 aromatic carbocycles. The Bertz CT molecular complexity index is 486. The number of hydrogen-bond acceptors (Lipinski definition) is 4. The summed E-state index contributed by atoms with van der Waals surface area (Å²) in [5.74, 6) is -0.648. The Labute approximate surface area is 111 Å². The Balaban J connectivity index is 2.32. The Morgan fingerprint density at radius 2 is 2.05 bits per heavy atom. The van der Waals surface area contributed by atoms with Crippen molar-refractivity contribution in [1.29, 1.82) is 0 Å². The molecule has 1 aliphatic rings. The zero-order valence-electron chi connectivity index (χ0n) is 10.9. The van der Waals surface area contributed by atoms with Crippen molar-refractivity contribution in [3.8, 4) is 5.75 Å². The maximum absolute atomic E-state index is 12.0. The topological polar surface area (TPSA) is 69.4 Å². The smallest absolute Gasteiger partial charge is 0.315 e. The van der Waals surface area contributed by atoms with E-state index in [1.54, 1.807) is 12.1 Å². The number of hydrogen-bond donors (Lipinski definition) is 0. The average molecular weight is 263 g/mol. The number of fused-ring (bicyclic) bond motifs is 1. The molecule has 102 valence electrons. The molecular weight excluding hydrogens is 246 g/mol. The van der Waals surface area contributed by atoms with E-state index in [9.17, 15) is 14.9 Å². The van der Waals surface area contributed by atoms with Crippen LogP contribution in [0.5, 0.6) is 5.75 Å². The van der Waals surface area contributed by atoms with Gasteiger partial charge in [0.1, 0.15) is 5.75 Å². The highest BCUT2D eigenvalue weighted by Crippen LogP contribution is 2.39. The van der Waals surface area contributed by atoms with Crippen LogP contribution in [-0.4, -0.2) is 17.4 Å². The van der Waals surface area contributed by atoms with Crippen LogP contribution in [0.4, 0.5) is 0 Å². The molecule has 0 saturated carbocycles. The molecule has 2 rings (SSSR count). The van der Waals surface area contributed by atoms with Crippen LogP contribution in [0.2, 0.25) is 0 Å². The molecule has 0 radical (unpaired) electrons. The number of ether oxygens (including phenoxy) is 1. The minimum absolute atomic E-state index is 0.222. The van der Waals surface area contributed by atoms with Crippen LogP contribution in [0.15, 0.2) is 24.3 Å². The Morgan fingerprint density at radius 1 is 1.32 bits per heavy atom. The molecule has 0 saturated heterocycles. The van der Waals surface area contributed by atoms with Gasteiger partial charge in [-0.15, -0.1) is 0 Å². The van der Waals surface area contributed by atoms with E-state index in [1.807, 2.05) is 19.1 Å². The first kappa shape index (κ1) is 13.5. The van der Waals surface area contributed by atoms with Crippen LogP contribution >= 0.6 is 0 Å². The summed E-state index contributed by atoms with van der Waals surface area (Å²) in [6.45, 7) is 1.81. The summed E-state index contributed by atoms with van der Waals surface area (Å²) in [5.41, 5.74) is 0.778. The highest BCUT2D eigenvalue weighted by atomic mass is 16.6. The third kappa shape index (κ3) is 2.92. The molecule has 0 fully saturated rings. The second-order valence-electron chi connectivity index (χ2n) is 4.83. The molecule has 0 aliphatic carbocycles. The fourth-order valence-corrected chi connectivity index (χ4v) is 2.57. The van der Waals surface area contributed by atoms with Gasteiger partial charge < -0.3 is 4.74 Å². The molecule has 1 aromatic rings. The molecule has 0 spiro atoms. The van der Waals surface area contributed by atoms with Crippen LogP contribution in [0.3, 0.4) is 0 Å². The van der Waals surface area contributed by atoms with E-state index in [1.165, 1.54) is 0 Å². The maximum atomic E-state index is 12.0. The molecule has 0 unspecified atom stereocenters. The molecular formula is C14H17NO4. The highest BCUT2D eigenvalue weighted by Gasteiger charge is 2.39. The number of nitrogens with zero attached hydrogens (tertiary/aromatic N) is 1. The average Bonchev–Trinajstić information content (AvgIpc) is 2.37. The van der Waals surface area contributed by atoms with Crippen molar-refractivity contribution in [2.24, 2.45) is 5.92 Å². The number of carbonyl (C=O) groups excluding carboxylic acids is 1. The molecule has 0 N–H and O–H groups in total. The van der Waals surface area contributed by atoms with Gasteiger partial charge >= 0.3 is 5.97 Å². The quantitative estimate of drug-likeness (QED) is 0.354. The van der Waals surface area contributed by atoms with Gasteiger partial charge in [0.15, 0.2) is 0 Å². The standard InChI is InChI=1S/C14H17NO4/c1-2-3-6-11-12(9-15(17)18)10-7-4-5-8-13(10)19-14(11)16/h4-5,7-8,11-12H,2-3,6,9H2,1H3/t11-,12-/m1/s1. The second kappa shape index (κ2) is 5.82. The minimum Gasteiger partial charge on any atom is -0.426 e. The summed E-state index contributed by atoms with van der Waals surface area (Å²) >= 11 is 0. The molecule has 0 amide bonds. The van der Waals surface area contributed by atoms with E-state index in [0.29, 0.717) is 12.2 Å². The lowest BCUT2D eigenvalue weighted by atomic mass is 9.81. The third-order valence-electron chi connectivity index (χ3n) is 3.53. The molecule has 2 atom stereocenters. The lowest BCUT2D eigenvalue weighted by Gasteiger charge is -2.29. The van der Waals surface area contributed by atoms with Crippen molar-refractivity contribution >= 4 is 5.97 Å². The number of benzene rings is 1. The van der Waals surface area contributed by atoms with Crippen LogP contribution in [0.1, 0.15) is 37.7 Å². The number of carbonyl (C=O) groups is 1. The Hall–Kier alpha value is -1.91. The molecule has 5 heteroatoms. The van der Waals surface area contributed by atoms with E-state index < -0.39 is 5.92 Å². The summed E-state index contributed by atoms with van der Waals surface area (Å²) in [6, 6.07) is 7.09. The van der Waals surface area contributed by atoms with E-state index >= 15 is 0 Å². The fourth-order valence-electron chi connectivity index (χ4n) is 2.57. The van der Waals surface area contributed by atoms with Gasteiger partial charge in [-0.2, -0.15) is 0 Å². The van der Waals surface area contributed by atoms with E-state index in [-0.39, 0.29) is 23.4 Å². The number of para-hydroxylation sites is 1. The summed E-state index contributed by atoms with van der Waals surface area (Å²) in [4.78, 5) is 22.5. The van der Waals surface area contributed by atoms with Gasteiger partial charge in [0.05, 0.1) is 11.8 Å². The van der Waals surface area contributed by atoms with Crippen molar-refractivity contribution in [2.45, 2.75) is 32.1 Å². The van der Waals surface area contributed by atoms with Gasteiger partial charge in [-0.3, -0.25) is 14.9 Å². The summed E-state index contributed by atoms with van der Waals surface area (Å²) in [7, 11) is 0. The number of nitro groups is 1. The van der Waals surface area contributed by atoms with Crippen molar-refractivity contribution in [1.82, 2.24) is 0 Å². The lowest BCUT2D eigenvalue weighted by Crippen LogP contribution is -2.35.